The average molecular weight is 309 g/mol. The molecule has 20 heavy (non-hydrogen) atoms. The highest BCUT2D eigenvalue weighted by Crippen LogP contribution is 2.22. The van der Waals surface area contributed by atoms with Gasteiger partial charge in [0.2, 0.25) is 5.13 Å². The monoisotopic (exact) mass is 309 g/mol. The third-order valence-corrected chi connectivity index (χ3v) is 4.68. The lowest BCUT2D eigenvalue weighted by atomic mass is 10.2. The summed E-state index contributed by atoms with van der Waals surface area (Å²) in [5, 5.41) is 12.0. The molecule has 1 heterocycles. The third-order valence-electron chi connectivity index (χ3n) is 2.60. The van der Waals surface area contributed by atoms with Gasteiger partial charge >= 0.3 is 0 Å². The Bertz CT molecular complexity index is 635. The molecule has 0 aliphatic carbocycles. The molecule has 0 bridgehead atoms. The predicted molar refractivity (Wildman–Crippen MR) is 80.7 cm³/mol. The molecule has 5 nitrogen and oxygen atoms in total. The molecule has 0 fully saturated rings. The molecule has 1 unspecified atom stereocenters. The maximum absolute atomic E-state index is 12.0. The van der Waals surface area contributed by atoms with Crippen LogP contribution in [0.4, 0.5) is 5.13 Å². The molecule has 2 aromatic rings. The second kappa shape index (κ2) is 6.23. The number of carbonyl (C=O) groups is 1. The van der Waals surface area contributed by atoms with E-state index in [1.165, 1.54) is 11.3 Å². The minimum Gasteiger partial charge on any atom is -0.296 e. The van der Waals surface area contributed by atoms with Crippen molar-refractivity contribution in [3.8, 4) is 0 Å². The van der Waals surface area contributed by atoms with E-state index in [9.17, 15) is 9.00 Å². The minimum atomic E-state index is -1.04. The van der Waals surface area contributed by atoms with Crippen LogP contribution in [0.25, 0.3) is 0 Å². The largest absolute Gasteiger partial charge is 0.296 e. The first-order valence-electron chi connectivity index (χ1n) is 6.05. The summed E-state index contributed by atoms with van der Waals surface area (Å²) in [6.45, 7) is 4.05. The minimum absolute atomic E-state index is 0.245. The molecule has 1 N–H and O–H groups in total. The number of aromatic nitrogens is 2. The highest BCUT2D eigenvalue weighted by atomic mass is 32.2. The standard InChI is InChI=1S/C13H15N3O2S2/c1-8(2)12-15-16-13(19-12)14-11(17)9-4-6-10(7-5-9)20(3)18/h4-8H,1-3H3,(H,14,16,17). The van der Waals surface area contributed by atoms with Gasteiger partial charge in [-0.1, -0.05) is 25.2 Å². The smallest absolute Gasteiger partial charge is 0.257 e. The Morgan fingerprint density at radius 2 is 1.90 bits per heavy atom. The van der Waals surface area contributed by atoms with Gasteiger partial charge in [-0.05, 0) is 24.3 Å². The van der Waals surface area contributed by atoms with Gasteiger partial charge < -0.3 is 0 Å². The lowest BCUT2D eigenvalue weighted by molar-refractivity contribution is 0.102. The normalized spacial score (nSPS) is 12.4. The van der Waals surface area contributed by atoms with Crippen LogP contribution in [0.5, 0.6) is 0 Å². The fourth-order valence-corrected chi connectivity index (χ4v) is 2.75. The number of anilines is 1. The molecule has 0 saturated heterocycles. The van der Waals surface area contributed by atoms with Crippen molar-refractivity contribution in [1.29, 1.82) is 0 Å². The van der Waals surface area contributed by atoms with Gasteiger partial charge in [-0.2, -0.15) is 0 Å². The van der Waals surface area contributed by atoms with Gasteiger partial charge in [0, 0.05) is 33.4 Å². The molecule has 7 heteroatoms. The molecule has 0 spiro atoms. The third kappa shape index (κ3) is 3.49. The zero-order chi connectivity index (χ0) is 14.7. The maximum Gasteiger partial charge on any atom is 0.257 e. The number of nitrogens with one attached hydrogen (secondary N) is 1. The number of amides is 1. The Morgan fingerprint density at radius 1 is 1.25 bits per heavy atom. The second-order valence-corrected chi connectivity index (χ2v) is 6.92. The lowest BCUT2D eigenvalue weighted by Gasteiger charge is -2.02. The summed E-state index contributed by atoms with van der Waals surface area (Å²) >= 11 is 1.37. The molecule has 1 atom stereocenters. The van der Waals surface area contributed by atoms with Gasteiger partial charge in [-0.3, -0.25) is 14.3 Å². The lowest BCUT2D eigenvalue weighted by Crippen LogP contribution is -2.11. The number of hydrogen-bond acceptors (Lipinski definition) is 5. The summed E-state index contributed by atoms with van der Waals surface area (Å²) in [5.74, 6) is 0.0434. The van der Waals surface area contributed by atoms with Gasteiger partial charge in [-0.15, -0.1) is 10.2 Å². The van der Waals surface area contributed by atoms with Crippen molar-refractivity contribution in [2.24, 2.45) is 0 Å². The molecule has 0 radical (unpaired) electrons. The summed E-state index contributed by atoms with van der Waals surface area (Å²) in [7, 11) is -1.04. The fourth-order valence-electron chi connectivity index (χ4n) is 1.49. The van der Waals surface area contributed by atoms with Crippen molar-refractivity contribution in [2.75, 3.05) is 11.6 Å². The first-order valence-corrected chi connectivity index (χ1v) is 8.43. The van der Waals surface area contributed by atoms with Gasteiger partial charge in [0.1, 0.15) is 5.01 Å². The van der Waals surface area contributed by atoms with Gasteiger partial charge in [0.05, 0.1) is 0 Å². The number of rotatable bonds is 4. The molecule has 2 rings (SSSR count). The highest BCUT2D eigenvalue weighted by Gasteiger charge is 2.12. The fraction of sp³-hybridized carbons (Fsp3) is 0.308. The van der Waals surface area contributed by atoms with Crippen LogP contribution >= 0.6 is 11.3 Å². The van der Waals surface area contributed by atoms with Crippen molar-refractivity contribution in [1.82, 2.24) is 10.2 Å². The van der Waals surface area contributed by atoms with Crippen LogP contribution in [0.1, 0.15) is 35.1 Å². The summed E-state index contributed by atoms with van der Waals surface area (Å²) in [6.07, 6.45) is 1.60. The Kier molecular flexibility index (Phi) is 4.61. The molecule has 0 saturated carbocycles. The van der Waals surface area contributed by atoms with Crippen molar-refractivity contribution < 1.29 is 9.00 Å². The van der Waals surface area contributed by atoms with Gasteiger partial charge in [-0.25, -0.2) is 0 Å². The van der Waals surface area contributed by atoms with E-state index in [4.69, 9.17) is 0 Å². The predicted octanol–water partition coefficient (Wildman–Crippen LogP) is 2.65. The van der Waals surface area contributed by atoms with E-state index >= 15 is 0 Å². The van der Waals surface area contributed by atoms with Crippen LogP contribution in [0.2, 0.25) is 0 Å². The number of carbonyl (C=O) groups excluding carboxylic acids is 1. The molecular formula is C13H15N3O2S2. The molecule has 0 aliphatic rings. The first-order chi connectivity index (χ1) is 9.47. The van der Waals surface area contributed by atoms with Crippen molar-refractivity contribution >= 4 is 33.2 Å². The summed E-state index contributed by atoms with van der Waals surface area (Å²) < 4.78 is 11.3. The molecule has 1 amide bonds. The maximum atomic E-state index is 12.0. The van der Waals surface area contributed by atoms with Crippen LogP contribution in [0.15, 0.2) is 29.2 Å². The van der Waals surface area contributed by atoms with Crippen LogP contribution in [0, 0.1) is 0 Å². The van der Waals surface area contributed by atoms with Crippen molar-refractivity contribution in [3.63, 3.8) is 0 Å². The Hall–Kier alpha value is -1.60. The van der Waals surface area contributed by atoms with E-state index in [1.807, 2.05) is 13.8 Å². The molecule has 1 aromatic carbocycles. The van der Waals surface area contributed by atoms with Gasteiger partial charge in [0.25, 0.3) is 5.91 Å². The summed E-state index contributed by atoms with van der Waals surface area (Å²) in [6, 6.07) is 6.67. The molecule has 1 aromatic heterocycles. The first kappa shape index (κ1) is 14.8. The van der Waals surface area contributed by atoms with E-state index in [-0.39, 0.29) is 11.8 Å². The van der Waals surface area contributed by atoms with Gasteiger partial charge in [0.15, 0.2) is 0 Å². The van der Waals surface area contributed by atoms with E-state index < -0.39 is 10.8 Å². The topological polar surface area (TPSA) is 72.0 Å². The molecular weight excluding hydrogens is 294 g/mol. The average Bonchev–Trinajstić information content (AvgIpc) is 2.87. The van der Waals surface area contributed by atoms with Crippen LogP contribution < -0.4 is 5.32 Å². The Labute approximate surface area is 123 Å². The Balaban J connectivity index is 2.09. The SMILES string of the molecule is CC(C)c1nnc(NC(=O)c2ccc(S(C)=O)cc2)s1. The van der Waals surface area contributed by atoms with Crippen molar-refractivity contribution in [2.45, 2.75) is 24.7 Å². The second-order valence-electron chi connectivity index (χ2n) is 4.53. The number of hydrogen-bond donors (Lipinski definition) is 1. The Morgan fingerprint density at radius 3 is 2.40 bits per heavy atom. The zero-order valence-electron chi connectivity index (χ0n) is 11.4. The molecule has 106 valence electrons. The summed E-state index contributed by atoms with van der Waals surface area (Å²) in [5.41, 5.74) is 0.500. The van der Waals surface area contributed by atoms with Crippen LogP contribution in [-0.2, 0) is 10.8 Å². The van der Waals surface area contributed by atoms with E-state index in [1.54, 1.807) is 30.5 Å². The highest BCUT2D eigenvalue weighted by molar-refractivity contribution is 7.84. The van der Waals surface area contributed by atoms with E-state index in [0.717, 1.165) is 5.01 Å². The van der Waals surface area contributed by atoms with Crippen LogP contribution in [-0.4, -0.2) is 26.6 Å². The summed E-state index contributed by atoms with van der Waals surface area (Å²) in [4.78, 5) is 12.7. The molecule has 0 aliphatic heterocycles. The zero-order valence-corrected chi connectivity index (χ0v) is 13.0. The van der Waals surface area contributed by atoms with Crippen LogP contribution in [0.3, 0.4) is 0 Å². The number of nitrogens with zero attached hydrogens (tertiary/aromatic N) is 2. The quantitative estimate of drug-likeness (QED) is 0.942. The van der Waals surface area contributed by atoms with Crippen molar-refractivity contribution in [3.05, 3.63) is 34.8 Å². The van der Waals surface area contributed by atoms with E-state index in [2.05, 4.69) is 15.5 Å². The number of benzene rings is 1. The van der Waals surface area contributed by atoms with E-state index in [0.29, 0.717) is 15.6 Å².